The number of nitrogen functional groups attached to an aromatic ring is 1. The van der Waals surface area contributed by atoms with Crippen molar-refractivity contribution in [2.75, 3.05) is 5.73 Å². The third kappa shape index (κ3) is 3.81. The summed E-state index contributed by atoms with van der Waals surface area (Å²) in [7, 11) is 0. The van der Waals surface area contributed by atoms with Crippen LogP contribution < -0.4 is 11.1 Å². The van der Waals surface area contributed by atoms with Crippen molar-refractivity contribution in [3.63, 3.8) is 0 Å². The van der Waals surface area contributed by atoms with E-state index in [1.165, 1.54) is 6.92 Å². The zero-order chi connectivity index (χ0) is 14.5. The molecule has 1 heterocycles. The predicted molar refractivity (Wildman–Crippen MR) is 82.6 cm³/mol. The van der Waals surface area contributed by atoms with Gasteiger partial charge >= 0.3 is 0 Å². The summed E-state index contributed by atoms with van der Waals surface area (Å²) >= 11 is 1.64. The van der Waals surface area contributed by atoms with E-state index < -0.39 is 0 Å². The first kappa shape index (κ1) is 14.5. The second-order valence-electron chi connectivity index (χ2n) is 4.72. The van der Waals surface area contributed by atoms with E-state index in [1.807, 2.05) is 29.6 Å². The molecule has 0 spiro atoms. The van der Waals surface area contributed by atoms with E-state index >= 15 is 0 Å². The number of hydrogen-bond acceptors (Lipinski definition) is 4. The van der Waals surface area contributed by atoms with Gasteiger partial charge in [0, 0.05) is 18.0 Å². The number of anilines is 1. The van der Waals surface area contributed by atoms with Crippen molar-refractivity contribution in [1.29, 1.82) is 0 Å². The Morgan fingerprint density at radius 3 is 2.65 bits per heavy atom. The molecule has 3 N–H and O–H groups in total. The minimum absolute atomic E-state index is 0.0449. The highest BCUT2D eigenvalue weighted by Crippen LogP contribution is 2.21. The van der Waals surface area contributed by atoms with Gasteiger partial charge in [-0.15, -0.1) is 11.3 Å². The van der Waals surface area contributed by atoms with Gasteiger partial charge in [0.2, 0.25) is 5.91 Å². The van der Waals surface area contributed by atoms with Gasteiger partial charge in [0.05, 0.1) is 16.7 Å². The van der Waals surface area contributed by atoms with Crippen molar-refractivity contribution < 1.29 is 4.79 Å². The Kier molecular flexibility index (Phi) is 4.74. The molecule has 0 bridgehead atoms. The number of nitrogens with two attached hydrogens (primary N) is 1. The van der Waals surface area contributed by atoms with Crippen molar-refractivity contribution in [2.24, 2.45) is 0 Å². The van der Waals surface area contributed by atoms with Crippen molar-refractivity contribution >= 4 is 22.9 Å². The molecular weight excluding hydrogens is 270 g/mol. The molecular formula is C15H19N3OS. The SMILES string of the molecule is CCc1nc([C@H](Cc2ccc(N)cc2)NC(C)=O)cs1. The number of thiazole rings is 1. The third-order valence-corrected chi connectivity index (χ3v) is 4.04. The standard InChI is InChI=1S/C15H19N3OS/c1-3-15-18-14(9-20-15)13(17-10(2)19)8-11-4-6-12(16)7-5-11/h4-7,9,13H,3,8,16H2,1-2H3,(H,17,19)/t13-/m0/s1. The number of hydrogen-bond donors (Lipinski definition) is 2. The maximum Gasteiger partial charge on any atom is 0.217 e. The molecule has 0 aliphatic carbocycles. The van der Waals surface area contributed by atoms with Gasteiger partial charge in [-0.3, -0.25) is 4.79 Å². The molecule has 1 atom stereocenters. The van der Waals surface area contributed by atoms with Gasteiger partial charge in [0.15, 0.2) is 0 Å². The van der Waals surface area contributed by atoms with Crippen LogP contribution in [0.5, 0.6) is 0 Å². The fraction of sp³-hybridized carbons (Fsp3) is 0.333. The summed E-state index contributed by atoms with van der Waals surface area (Å²) in [6, 6.07) is 7.62. The molecule has 106 valence electrons. The number of carbonyl (C=O) groups is 1. The van der Waals surface area contributed by atoms with Gasteiger partial charge in [-0.05, 0) is 30.5 Å². The third-order valence-electron chi connectivity index (χ3n) is 3.03. The van der Waals surface area contributed by atoms with Crippen molar-refractivity contribution in [3.05, 3.63) is 45.9 Å². The number of carbonyl (C=O) groups excluding carboxylic acids is 1. The Hall–Kier alpha value is -1.88. The summed E-state index contributed by atoms with van der Waals surface area (Å²) in [5, 5.41) is 6.09. The van der Waals surface area contributed by atoms with E-state index in [9.17, 15) is 4.79 Å². The molecule has 1 amide bonds. The van der Waals surface area contributed by atoms with Gasteiger partial charge in [-0.2, -0.15) is 0 Å². The summed E-state index contributed by atoms with van der Waals surface area (Å²) in [5.41, 5.74) is 8.49. The van der Waals surface area contributed by atoms with Crippen LogP contribution in [0.15, 0.2) is 29.6 Å². The lowest BCUT2D eigenvalue weighted by atomic mass is 10.0. The molecule has 0 aliphatic rings. The van der Waals surface area contributed by atoms with Crippen LogP contribution in [-0.2, 0) is 17.6 Å². The topological polar surface area (TPSA) is 68.0 Å². The minimum Gasteiger partial charge on any atom is -0.399 e. The largest absolute Gasteiger partial charge is 0.399 e. The Labute approximate surface area is 123 Å². The lowest BCUT2D eigenvalue weighted by Crippen LogP contribution is -2.28. The van der Waals surface area contributed by atoms with E-state index in [0.29, 0.717) is 6.42 Å². The first-order valence-electron chi connectivity index (χ1n) is 6.64. The fourth-order valence-electron chi connectivity index (χ4n) is 2.01. The number of nitrogens with one attached hydrogen (secondary N) is 1. The molecule has 0 radical (unpaired) electrons. The Morgan fingerprint density at radius 1 is 1.40 bits per heavy atom. The molecule has 0 aliphatic heterocycles. The smallest absolute Gasteiger partial charge is 0.217 e. The maximum absolute atomic E-state index is 11.4. The van der Waals surface area contributed by atoms with Crippen LogP contribution in [0, 0.1) is 0 Å². The van der Waals surface area contributed by atoms with Crippen LogP contribution in [0.3, 0.4) is 0 Å². The van der Waals surface area contributed by atoms with Crippen LogP contribution in [-0.4, -0.2) is 10.9 Å². The van der Waals surface area contributed by atoms with E-state index in [0.717, 1.165) is 28.4 Å². The number of benzene rings is 1. The molecule has 20 heavy (non-hydrogen) atoms. The Balaban J connectivity index is 2.18. The normalized spacial score (nSPS) is 12.1. The molecule has 1 aromatic heterocycles. The van der Waals surface area contributed by atoms with Crippen LogP contribution >= 0.6 is 11.3 Å². The lowest BCUT2D eigenvalue weighted by Gasteiger charge is -2.16. The number of amides is 1. The minimum atomic E-state index is -0.0901. The summed E-state index contributed by atoms with van der Waals surface area (Å²) in [6.45, 7) is 3.61. The van der Waals surface area contributed by atoms with Crippen molar-refractivity contribution in [2.45, 2.75) is 32.7 Å². The molecule has 5 heteroatoms. The van der Waals surface area contributed by atoms with Gasteiger partial charge in [-0.25, -0.2) is 4.98 Å². The van der Waals surface area contributed by atoms with Crippen LogP contribution in [0.2, 0.25) is 0 Å². The summed E-state index contributed by atoms with van der Waals surface area (Å²) < 4.78 is 0. The van der Waals surface area contributed by atoms with Gasteiger partial charge in [0.1, 0.15) is 0 Å². The molecule has 4 nitrogen and oxygen atoms in total. The second-order valence-corrected chi connectivity index (χ2v) is 5.66. The predicted octanol–water partition coefficient (Wildman–Crippen LogP) is 2.71. The second kappa shape index (κ2) is 6.52. The first-order valence-corrected chi connectivity index (χ1v) is 7.52. The zero-order valence-electron chi connectivity index (χ0n) is 11.7. The Bertz CT molecular complexity index is 577. The van der Waals surface area contributed by atoms with E-state index in [4.69, 9.17) is 5.73 Å². The van der Waals surface area contributed by atoms with Crippen molar-refractivity contribution in [1.82, 2.24) is 10.3 Å². The fourth-order valence-corrected chi connectivity index (χ4v) is 2.81. The monoisotopic (exact) mass is 289 g/mol. The average Bonchev–Trinajstić information content (AvgIpc) is 2.89. The van der Waals surface area contributed by atoms with Crippen LogP contribution in [0.4, 0.5) is 5.69 Å². The van der Waals surface area contributed by atoms with E-state index in [-0.39, 0.29) is 11.9 Å². The number of rotatable bonds is 5. The molecule has 0 saturated carbocycles. The molecule has 0 saturated heterocycles. The van der Waals surface area contributed by atoms with Gasteiger partial charge in [0.25, 0.3) is 0 Å². The van der Waals surface area contributed by atoms with Gasteiger partial charge < -0.3 is 11.1 Å². The molecule has 2 aromatic rings. The summed E-state index contributed by atoms with van der Waals surface area (Å²) in [5.74, 6) is -0.0449. The number of nitrogens with zero attached hydrogens (tertiary/aromatic N) is 1. The van der Waals surface area contributed by atoms with Gasteiger partial charge in [-0.1, -0.05) is 19.1 Å². The van der Waals surface area contributed by atoms with Crippen LogP contribution in [0.1, 0.15) is 36.2 Å². The highest BCUT2D eigenvalue weighted by Gasteiger charge is 2.16. The molecule has 2 rings (SSSR count). The quantitative estimate of drug-likeness (QED) is 0.832. The summed E-state index contributed by atoms with van der Waals surface area (Å²) in [4.78, 5) is 16.0. The average molecular weight is 289 g/mol. The van der Waals surface area contributed by atoms with E-state index in [2.05, 4.69) is 17.2 Å². The number of aromatic nitrogens is 1. The van der Waals surface area contributed by atoms with Crippen LogP contribution in [0.25, 0.3) is 0 Å². The van der Waals surface area contributed by atoms with Crippen molar-refractivity contribution in [3.8, 4) is 0 Å². The maximum atomic E-state index is 11.4. The molecule has 0 unspecified atom stereocenters. The summed E-state index contributed by atoms with van der Waals surface area (Å²) in [6.07, 6.45) is 1.63. The van der Waals surface area contributed by atoms with E-state index in [1.54, 1.807) is 11.3 Å². The first-order chi connectivity index (χ1) is 9.58. The zero-order valence-corrected chi connectivity index (χ0v) is 12.5. The molecule has 1 aromatic carbocycles. The molecule has 0 fully saturated rings. The highest BCUT2D eigenvalue weighted by molar-refractivity contribution is 7.09. The lowest BCUT2D eigenvalue weighted by molar-refractivity contribution is -0.119. The number of aryl methyl sites for hydroxylation is 1. The Morgan fingerprint density at radius 2 is 2.10 bits per heavy atom. The highest BCUT2D eigenvalue weighted by atomic mass is 32.1.